The standard InChI is InChI=1S/C25H22N2O3/c1-2-3-16-27(17-10-5-4-6-11-17)25(30)26-21-15-9-14-20-22(21)24(29)19-13-8-7-12-18(19)23(20)28/h4-15H,2-3,16H2,1H3,(H,26,30). The largest absolute Gasteiger partial charge is 0.326 e. The molecule has 3 aromatic carbocycles. The molecule has 5 nitrogen and oxygen atoms in total. The van der Waals surface area contributed by atoms with E-state index in [-0.39, 0.29) is 23.2 Å². The van der Waals surface area contributed by atoms with E-state index in [1.807, 2.05) is 30.3 Å². The zero-order chi connectivity index (χ0) is 21.1. The van der Waals surface area contributed by atoms with Crippen LogP contribution in [-0.2, 0) is 0 Å². The van der Waals surface area contributed by atoms with Crippen LogP contribution >= 0.6 is 0 Å². The minimum Gasteiger partial charge on any atom is -0.307 e. The summed E-state index contributed by atoms with van der Waals surface area (Å²) in [6.07, 6.45) is 1.79. The molecule has 150 valence electrons. The number of amides is 2. The number of para-hydroxylation sites is 1. The molecular weight excluding hydrogens is 376 g/mol. The third kappa shape index (κ3) is 3.50. The van der Waals surface area contributed by atoms with Crippen molar-refractivity contribution in [2.75, 3.05) is 16.8 Å². The predicted octanol–water partition coefficient (Wildman–Crippen LogP) is 5.30. The number of hydrogen-bond acceptors (Lipinski definition) is 3. The Morgan fingerprint density at radius 2 is 1.43 bits per heavy atom. The summed E-state index contributed by atoms with van der Waals surface area (Å²) in [6, 6.07) is 20.8. The van der Waals surface area contributed by atoms with Crippen LogP contribution in [0.3, 0.4) is 0 Å². The van der Waals surface area contributed by atoms with Gasteiger partial charge in [0.2, 0.25) is 0 Å². The van der Waals surface area contributed by atoms with Crippen molar-refractivity contribution in [1.29, 1.82) is 0 Å². The first-order chi connectivity index (χ1) is 14.6. The van der Waals surface area contributed by atoms with E-state index in [4.69, 9.17) is 0 Å². The van der Waals surface area contributed by atoms with Crippen molar-refractivity contribution in [2.45, 2.75) is 19.8 Å². The molecule has 0 aliphatic heterocycles. The number of fused-ring (bicyclic) bond motifs is 2. The molecule has 0 saturated heterocycles. The molecule has 2 amide bonds. The van der Waals surface area contributed by atoms with Gasteiger partial charge in [-0.15, -0.1) is 0 Å². The maximum absolute atomic E-state index is 13.2. The molecule has 1 aliphatic rings. The molecule has 0 bridgehead atoms. The summed E-state index contributed by atoms with van der Waals surface area (Å²) in [5.74, 6) is -0.460. The first-order valence-corrected chi connectivity index (χ1v) is 10.1. The van der Waals surface area contributed by atoms with Crippen LogP contribution in [0.2, 0.25) is 0 Å². The number of urea groups is 1. The smallest absolute Gasteiger partial charge is 0.307 e. The average molecular weight is 398 g/mol. The van der Waals surface area contributed by atoms with Gasteiger partial charge in [0.05, 0.1) is 11.3 Å². The van der Waals surface area contributed by atoms with Gasteiger partial charge in [-0.2, -0.15) is 0 Å². The van der Waals surface area contributed by atoms with Crippen molar-refractivity contribution in [1.82, 2.24) is 0 Å². The molecule has 4 rings (SSSR count). The lowest BCUT2D eigenvalue weighted by Crippen LogP contribution is -2.36. The first kappa shape index (κ1) is 19.6. The Morgan fingerprint density at radius 3 is 2.13 bits per heavy atom. The van der Waals surface area contributed by atoms with E-state index >= 15 is 0 Å². The van der Waals surface area contributed by atoms with Crippen LogP contribution in [0.1, 0.15) is 51.6 Å². The van der Waals surface area contributed by atoms with Gasteiger partial charge in [-0.1, -0.05) is 67.9 Å². The van der Waals surface area contributed by atoms with Crippen molar-refractivity contribution in [3.63, 3.8) is 0 Å². The number of unbranched alkanes of at least 4 members (excludes halogenated alkanes) is 1. The van der Waals surface area contributed by atoms with Crippen LogP contribution in [0, 0.1) is 0 Å². The lowest BCUT2D eigenvalue weighted by atomic mass is 9.83. The number of anilines is 2. The van der Waals surface area contributed by atoms with Gasteiger partial charge in [-0.05, 0) is 24.6 Å². The Morgan fingerprint density at radius 1 is 0.800 bits per heavy atom. The summed E-state index contributed by atoms with van der Waals surface area (Å²) in [4.78, 5) is 40.9. The quantitative estimate of drug-likeness (QED) is 0.496. The van der Waals surface area contributed by atoms with Crippen LogP contribution in [-0.4, -0.2) is 24.1 Å². The number of hydrogen-bond donors (Lipinski definition) is 1. The van der Waals surface area contributed by atoms with E-state index in [9.17, 15) is 14.4 Å². The molecule has 5 heteroatoms. The minimum atomic E-state index is -0.331. The number of nitrogens with zero attached hydrogens (tertiary/aromatic N) is 1. The first-order valence-electron chi connectivity index (χ1n) is 10.1. The SMILES string of the molecule is CCCCN(C(=O)Nc1cccc2c1C(=O)c1ccccc1C2=O)c1ccccc1. The molecule has 30 heavy (non-hydrogen) atoms. The van der Waals surface area contributed by atoms with Crippen molar-refractivity contribution in [3.05, 3.63) is 95.1 Å². The number of nitrogens with one attached hydrogen (secondary N) is 1. The Bertz CT molecular complexity index is 1120. The zero-order valence-electron chi connectivity index (χ0n) is 16.7. The van der Waals surface area contributed by atoms with Crippen LogP contribution in [0.4, 0.5) is 16.2 Å². The molecule has 0 radical (unpaired) electrons. The summed E-state index contributed by atoms with van der Waals surface area (Å²) >= 11 is 0. The molecule has 0 fully saturated rings. The fraction of sp³-hybridized carbons (Fsp3) is 0.160. The van der Waals surface area contributed by atoms with Crippen LogP contribution in [0.25, 0.3) is 0 Å². The Balaban J connectivity index is 1.70. The van der Waals surface area contributed by atoms with Crippen LogP contribution in [0.15, 0.2) is 72.8 Å². The van der Waals surface area contributed by atoms with E-state index in [2.05, 4.69) is 12.2 Å². The Labute approximate surface area is 175 Å². The number of carbonyl (C=O) groups excluding carboxylic acids is 3. The summed E-state index contributed by atoms with van der Waals surface area (Å²) in [5, 5.41) is 2.87. The number of rotatable bonds is 5. The lowest BCUT2D eigenvalue weighted by Gasteiger charge is -2.25. The normalized spacial score (nSPS) is 12.2. The summed E-state index contributed by atoms with van der Waals surface area (Å²) < 4.78 is 0. The highest BCUT2D eigenvalue weighted by atomic mass is 16.2. The Hall–Kier alpha value is -3.73. The van der Waals surface area contributed by atoms with E-state index in [0.29, 0.717) is 28.9 Å². The van der Waals surface area contributed by atoms with Gasteiger partial charge in [-0.25, -0.2) is 4.79 Å². The van der Waals surface area contributed by atoms with E-state index in [0.717, 1.165) is 18.5 Å². The molecule has 1 N–H and O–H groups in total. The monoisotopic (exact) mass is 398 g/mol. The van der Waals surface area contributed by atoms with E-state index in [1.54, 1.807) is 47.4 Å². The summed E-state index contributed by atoms with van der Waals surface area (Å²) in [5.41, 5.74) is 2.45. The molecule has 0 spiro atoms. The van der Waals surface area contributed by atoms with Gasteiger partial charge in [0.25, 0.3) is 0 Å². The zero-order valence-corrected chi connectivity index (χ0v) is 16.7. The van der Waals surface area contributed by atoms with Crippen LogP contribution in [0.5, 0.6) is 0 Å². The van der Waals surface area contributed by atoms with Crippen molar-refractivity contribution >= 4 is 29.0 Å². The van der Waals surface area contributed by atoms with Crippen molar-refractivity contribution in [2.24, 2.45) is 0 Å². The van der Waals surface area contributed by atoms with Crippen LogP contribution < -0.4 is 10.2 Å². The van der Waals surface area contributed by atoms with Crippen molar-refractivity contribution in [3.8, 4) is 0 Å². The van der Waals surface area contributed by atoms with Gasteiger partial charge in [0.15, 0.2) is 11.6 Å². The Kier molecular flexibility index (Phi) is 5.44. The van der Waals surface area contributed by atoms with Gasteiger partial charge in [0.1, 0.15) is 0 Å². The second-order valence-electron chi connectivity index (χ2n) is 7.20. The highest BCUT2D eigenvalue weighted by molar-refractivity contribution is 6.30. The van der Waals surface area contributed by atoms with E-state index in [1.165, 1.54) is 0 Å². The second kappa shape index (κ2) is 8.33. The number of ketones is 2. The highest BCUT2D eigenvalue weighted by Gasteiger charge is 2.32. The van der Waals surface area contributed by atoms with Gasteiger partial charge in [-0.3, -0.25) is 14.5 Å². The molecule has 3 aromatic rings. The topological polar surface area (TPSA) is 66.5 Å². The van der Waals surface area contributed by atoms with Crippen molar-refractivity contribution < 1.29 is 14.4 Å². The fourth-order valence-electron chi connectivity index (χ4n) is 3.70. The minimum absolute atomic E-state index is 0.206. The number of carbonyl (C=O) groups is 3. The molecule has 0 unspecified atom stereocenters. The maximum atomic E-state index is 13.2. The third-order valence-electron chi connectivity index (χ3n) is 5.24. The third-order valence-corrected chi connectivity index (χ3v) is 5.24. The highest BCUT2D eigenvalue weighted by Crippen LogP contribution is 2.32. The molecule has 1 aliphatic carbocycles. The van der Waals surface area contributed by atoms with Gasteiger partial charge >= 0.3 is 6.03 Å². The molecule has 0 saturated carbocycles. The molecule has 0 atom stereocenters. The molecule has 0 aromatic heterocycles. The summed E-state index contributed by atoms with van der Waals surface area (Å²) in [6.45, 7) is 2.62. The lowest BCUT2D eigenvalue weighted by molar-refractivity contribution is 0.0979. The molecular formula is C25H22N2O3. The summed E-state index contributed by atoms with van der Waals surface area (Å²) in [7, 11) is 0. The second-order valence-corrected chi connectivity index (χ2v) is 7.20. The predicted molar refractivity (Wildman–Crippen MR) is 117 cm³/mol. The van der Waals surface area contributed by atoms with E-state index < -0.39 is 0 Å². The molecule has 0 heterocycles. The average Bonchev–Trinajstić information content (AvgIpc) is 2.78. The van der Waals surface area contributed by atoms with Gasteiger partial charge < -0.3 is 5.32 Å². The fourth-order valence-corrected chi connectivity index (χ4v) is 3.70. The maximum Gasteiger partial charge on any atom is 0.326 e. The van der Waals surface area contributed by atoms with Gasteiger partial charge in [0, 0.05) is 28.9 Å². The number of benzene rings is 3.